The second-order valence-electron chi connectivity index (χ2n) is 6.26. The maximum absolute atomic E-state index is 5.79. The smallest absolute Gasteiger partial charge is 0.124 e. The highest BCUT2D eigenvalue weighted by Gasteiger charge is 2.30. The van der Waals surface area contributed by atoms with Crippen molar-refractivity contribution in [2.24, 2.45) is 5.92 Å². The Kier molecular flexibility index (Phi) is 5.65. The van der Waals surface area contributed by atoms with Crippen LogP contribution < -0.4 is 10.1 Å². The molecule has 1 aromatic rings. The van der Waals surface area contributed by atoms with Crippen LogP contribution in [0.2, 0.25) is 0 Å². The molecule has 0 amide bonds. The van der Waals surface area contributed by atoms with E-state index in [0.29, 0.717) is 18.1 Å². The molecule has 2 rings (SSSR count). The zero-order valence-corrected chi connectivity index (χ0v) is 14.0. The Balaban J connectivity index is 2.27. The average Bonchev–Trinajstić information content (AvgIpc) is 2.85. The van der Waals surface area contributed by atoms with E-state index >= 15 is 0 Å². The number of hydrogen-bond acceptors (Lipinski definition) is 3. The molecule has 0 bridgehead atoms. The van der Waals surface area contributed by atoms with Gasteiger partial charge in [0, 0.05) is 12.0 Å². The second kappa shape index (κ2) is 7.28. The minimum absolute atomic E-state index is 0.373. The molecule has 1 aliphatic heterocycles. The molecule has 1 saturated heterocycles. The number of nitrogens with one attached hydrogen (secondary N) is 1. The van der Waals surface area contributed by atoms with Crippen LogP contribution in [0.3, 0.4) is 0 Å². The lowest BCUT2D eigenvalue weighted by Gasteiger charge is -2.26. The van der Waals surface area contributed by atoms with Gasteiger partial charge in [-0.25, -0.2) is 0 Å². The predicted molar refractivity (Wildman–Crippen MR) is 87.0 cm³/mol. The van der Waals surface area contributed by atoms with E-state index in [1.807, 2.05) is 0 Å². The van der Waals surface area contributed by atoms with E-state index < -0.39 is 0 Å². The van der Waals surface area contributed by atoms with Crippen LogP contribution in [-0.4, -0.2) is 26.4 Å². The van der Waals surface area contributed by atoms with Gasteiger partial charge in [0.1, 0.15) is 5.75 Å². The minimum atomic E-state index is 0.373. The van der Waals surface area contributed by atoms with Crippen molar-refractivity contribution in [3.63, 3.8) is 0 Å². The van der Waals surface area contributed by atoms with E-state index in [9.17, 15) is 0 Å². The molecule has 1 N–H and O–H groups in total. The highest BCUT2D eigenvalue weighted by molar-refractivity contribution is 5.44. The molecule has 0 saturated carbocycles. The van der Waals surface area contributed by atoms with Gasteiger partial charge in [-0.05, 0) is 56.8 Å². The molecular weight excluding hydrogens is 262 g/mol. The summed E-state index contributed by atoms with van der Waals surface area (Å²) in [5.74, 6) is 1.56. The van der Waals surface area contributed by atoms with Crippen molar-refractivity contribution < 1.29 is 9.47 Å². The maximum atomic E-state index is 5.79. The lowest BCUT2D eigenvalue weighted by Crippen LogP contribution is -2.29. The van der Waals surface area contributed by atoms with Gasteiger partial charge in [-0.2, -0.15) is 0 Å². The van der Waals surface area contributed by atoms with Crippen molar-refractivity contribution in [2.45, 2.75) is 52.7 Å². The second-order valence-corrected chi connectivity index (χ2v) is 6.26. The lowest BCUT2D eigenvalue weighted by molar-refractivity contribution is 0.117. The van der Waals surface area contributed by atoms with Crippen molar-refractivity contribution in [3.8, 4) is 5.75 Å². The Morgan fingerprint density at radius 2 is 2.00 bits per heavy atom. The first-order chi connectivity index (χ1) is 10.1. The Morgan fingerprint density at radius 1 is 1.33 bits per heavy atom. The molecular formula is C18H29NO2. The van der Waals surface area contributed by atoms with Crippen molar-refractivity contribution in [2.75, 3.05) is 20.3 Å². The Labute approximate surface area is 129 Å². The van der Waals surface area contributed by atoms with Gasteiger partial charge in [-0.3, -0.25) is 0 Å². The number of benzene rings is 1. The zero-order chi connectivity index (χ0) is 15.4. The summed E-state index contributed by atoms with van der Waals surface area (Å²) in [7, 11) is 1.74. The van der Waals surface area contributed by atoms with Crippen LogP contribution in [0.5, 0.6) is 5.75 Å². The highest BCUT2D eigenvalue weighted by Crippen LogP contribution is 2.35. The van der Waals surface area contributed by atoms with Gasteiger partial charge in [0.05, 0.1) is 19.8 Å². The van der Waals surface area contributed by atoms with E-state index in [1.54, 1.807) is 7.11 Å². The topological polar surface area (TPSA) is 30.5 Å². The van der Waals surface area contributed by atoms with Crippen LogP contribution in [0.15, 0.2) is 12.1 Å². The van der Waals surface area contributed by atoms with Crippen LogP contribution in [-0.2, 0) is 4.74 Å². The van der Waals surface area contributed by atoms with Crippen LogP contribution in [0, 0.1) is 19.8 Å². The molecule has 1 heterocycles. The molecule has 3 atom stereocenters. The van der Waals surface area contributed by atoms with Crippen molar-refractivity contribution in [1.82, 2.24) is 5.32 Å². The lowest BCUT2D eigenvalue weighted by atomic mass is 9.89. The first-order valence-electron chi connectivity index (χ1n) is 8.06. The van der Waals surface area contributed by atoms with E-state index in [2.05, 4.69) is 45.1 Å². The Morgan fingerprint density at radius 3 is 2.48 bits per heavy atom. The highest BCUT2D eigenvalue weighted by atomic mass is 16.5. The van der Waals surface area contributed by atoms with Crippen molar-refractivity contribution >= 4 is 0 Å². The fourth-order valence-electron chi connectivity index (χ4n) is 3.42. The van der Waals surface area contributed by atoms with Crippen LogP contribution in [0.4, 0.5) is 0 Å². The molecule has 0 spiro atoms. The summed E-state index contributed by atoms with van der Waals surface area (Å²) >= 11 is 0. The van der Waals surface area contributed by atoms with E-state index in [4.69, 9.17) is 9.47 Å². The SMILES string of the molecule is CCCNC(c1cc(C)c(OC)c(C)c1)C1COC(C)C1. The summed E-state index contributed by atoms with van der Waals surface area (Å²) in [6, 6.07) is 4.91. The molecule has 21 heavy (non-hydrogen) atoms. The van der Waals surface area contributed by atoms with E-state index in [-0.39, 0.29) is 0 Å². The average molecular weight is 291 g/mol. The van der Waals surface area contributed by atoms with Crippen LogP contribution in [0.1, 0.15) is 49.4 Å². The fourth-order valence-corrected chi connectivity index (χ4v) is 3.42. The van der Waals surface area contributed by atoms with Gasteiger partial charge in [-0.1, -0.05) is 19.1 Å². The largest absolute Gasteiger partial charge is 0.496 e. The van der Waals surface area contributed by atoms with Gasteiger partial charge in [0.15, 0.2) is 0 Å². The third kappa shape index (κ3) is 3.78. The van der Waals surface area contributed by atoms with Crippen molar-refractivity contribution in [1.29, 1.82) is 0 Å². The van der Waals surface area contributed by atoms with Gasteiger partial charge in [-0.15, -0.1) is 0 Å². The summed E-state index contributed by atoms with van der Waals surface area (Å²) in [6.07, 6.45) is 2.65. The standard InChI is InChI=1S/C18H29NO2/c1-6-7-19-17(16-10-14(4)21-11-16)15-8-12(2)18(20-5)13(3)9-15/h8-9,14,16-17,19H,6-7,10-11H2,1-5H3. The van der Waals surface area contributed by atoms with Gasteiger partial charge in [0.25, 0.3) is 0 Å². The molecule has 0 aliphatic carbocycles. The molecule has 1 aromatic carbocycles. The number of aryl methyl sites for hydroxylation is 2. The van der Waals surface area contributed by atoms with Gasteiger partial charge >= 0.3 is 0 Å². The molecule has 0 radical (unpaired) electrons. The molecule has 1 fully saturated rings. The van der Waals surface area contributed by atoms with Gasteiger partial charge in [0.2, 0.25) is 0 Å². The first kappa shape index (κ1) is 16.3. The predicted octanol–water partition coefficient (Wildman–Crippen LogP) is 3.78. The molecule has 3 heteroatoms. The maximum Gasteiger partial charge on any atom is 0.124 e. The monoisotopic (exact) mass is 291 g/mol. The summed E-state index contributed by atoms with van der Waals surface area (Å²) in [4.78, 5) is 0. The zero-order valence-electron chi connectivity index (χ0n) is 14.0. The number of hydrogen-bond donors (Lipinski definition) is 1. The molecule has 3 nitrogen and oxygen atoms in total. The van der Waals surface area contributed by atoms with Crippen LogP contribution in [0.25, 0.3) is 0 Å². The quantitative estimate of drug-likeness (QED) is 0.865. The number of ether oxygens (including phenoxy) is 2. The third-order valence-corrected chi connectivity index (χ3v) is 4.36. The summed E-state index contributed by atoms with van der Waals surface area (Å²) < 4.78 is 11.3. The summed E-state index contributed by atoms with van der Waals surface area (Å²) in [6.45, 7) is 10.5. The summed E-state index contributed by atoms with van der Waals surface area (Å²) in [5, 5.41) is 3.72. The number of rotatable bonds is 6. The van der Waals surface area contributed by atoms with Gasteiger partial charge < -0.3 is 14.8 Å². The normalized spacial score (nSPS) is 23.3. The van der Waals surface area contributed by atoms with Crippen molar-refractivity contribution in [3.05, 3.63) is 28.8 Å². The van der Waals surface area contributed by atoms with Crippen LogP contribution >= 0.6 is 0 Å². The Bertz CT molecular complexity index is 449. The molecule has 0 aromatic heterocycles. The third-order valence-electron chi connectivity index (χ3n) is 4.36. The summed E-state index contributed by atoms with van der Waals surface area (Å²) in [5.41, 5.74) is 3.78. The molecule has 1 aliphatic rings. The number of methoxy groups -OCH3 is 1. The minimum Gasteiger partial charge on any atom is -0.496 e. The first-order valence-corrected chi connectivity index (χ1v) is 8.06. The van der Waals surface area contributed by atoms with E-state index in [1.165, 1.54) is 16.7 Å². The van der Waals surface area contributed by atoms with E-state index in [0.717, 1.165) is 31.7 Å². The fraction of sp³-hybridized carbons (Fsp3) is 0.667. The molecule has 118 valence electrons. The Hall–Kier alpha value is -1.06. The molecule has 3 unspecified atom stereocenters.